The van der Waals surface area contributed by atoms with Crippen molar-refractivity contribution in [2.75, 3.05) is 4.90 Å². The van der Waals surface area contributed by atoms with Crippen molar-refractivity contribution in [1.82, 2.24) is 4.98 Å². The lowest BCUT2D eigenvalue weighted by Gasteiger charge is -2.14. The van der Waals surface area contributed by atoms with Gasteiger partial charge in [0.2, 0.25) is 0 Å². The summed E-state index contributed by atoms with van der Waals surface area (Å²) in [5.41, 5.74) is 3.58. The van der Waals surface area contributed by atoms with Gasteiger partial charge in [-0.3, -0.25) is 14.5 Å². The number of hydrogen-bond acceptors (Lipinski definition) is 4. The highest BCUT2D eigenvalue weighted by Crippen LogP contribution is 2.35. The van der Waals surface area contributed by atoms with Crippen LogP contribution in [-0.4, -0.2) is 16.7 Å². The average Bonchev–Trinajstić information content (AvgIpc) is 2.94. The topological polar surface area (TPSA) is 50.3 Å². The number of ketones is 1. The maximum absolute atomic E-state index is 12.0. The molecule has 90 valence electrons. The fourth-order valence-corrected chi connectivity index (χ4v) is 3.02. The number of thiazole rings is 1. The van der Waals surface area contributed by atoms with E-state index in [1.807, 2.05) is 11.4 Å². The molecule has 4 nitrogen and oxygen atoms in total. The van der Waals surface area contributed by atoms with Crippen LogP contribution in [0.4, 0.5) is 5.69 Å². The molecule has 1 aliphatic heterocycles. The minimum Gasteiger partial charge on any atom is -0.299 e. The average molecular weight is 323 g/mol. The highest BCUT2D eigenvalue weighted by Gasteiger charge is 2.37. The molecule has 18 heavy (non-hydrogen) atoms. The van der Waals surface area contributed by atoms with Crippen molar-refractivity contribution in [1.29, 1.82) is 0 Å². The number of Topliss-reactive ketones (excluding diaryl/α,β-unsaturated/α-hetero) is 1. The van der Waals surface area contributed by atoms with Gasteiger partial charge >= 0.3 is 0 Å². The van der Waals surface area contributed by atoms with E-state index in [4.69, 9.17) is 0 Å². The molecule has 0 bridgehead atoms. The number of carbonyl (C=O) groups excluding carboxylic acids is 2. The van der Waals surface area contributed by atoms with Gasteiger partial charge in [0, 0.05) is 9.85 Å². The zero-order chi connectivity index (χ0) is 12.7. The molecular formula is C12H7BrN2O2S. The Balaban J connectivity index is 2.05. The first-order valence-corrected chi connectivity index (χ1v) is 6.94. The Kier molecular flexibility index (Phi) is 2.76. The molecule has 0 spiro atoms. The molecule has 1 aromatic carbocycles. The second-order valence-electron chi connectivity index (χ2n) is 3.83. The summed E-state index contributed by atoms with van der Waals surface area (Å²) in [4.78, 5) is 29.5. The minimum absolute atomic E-state index is 0.331. The number of hydrogen-bond donors (Lipinski definition) is 0. The molecular weight excluding hydrogens is 316 g/mol. The van der Waals surface area contributed by atoms with E-state index < -0.39 is 11.7 Å². The highest BCUT2D eigenvalue weighted by atomic mass is 79.9. The smallest absolute Gasteiger partial charge is 0.299 e. The zero-order valence-corrected chi connectivity index (χ0v) is 11.5. The predicted octanol–water partition coefficient (Wildman–Crippen LogP) is 2.64. The van der Waals surface area contributed by atoms with Crippen molar-refractivity contribution in [2.24, 2.45) is 0 Å². The van der Waals surface area contributed by atoms with Crippen LogP contribution >= 0.6 is 27.3 Å². The molecule has 0 radical (unpaired) electrons. The number of aromatic nitrogens is 1. The lowest BCUT2D eigenvalue weighted by Crippen LogP contribution is -2.29. The van der Waals surface area contributed by atoms with Gasteiger partial charge in [-0.1, -0.05) is 6.07 Å². The molecule has 1 aliphatic rings. The van der Waals surface area contributed by atoms with Crippen LogP contribution in [0.2, 0.25) is 0 Å². The largest absolute Gasteiger partial charge is 0.299 e. The first-order valence-electron chi connectivity index (χ1n) is 5.20. The Morgan fingerprint density at radius 3 is 2.89 bits per heavy atom. The number of fused-ring (bicyclic) bond motifs is 1. The van der Waals surface area contributed by atoms with Crippen molar-refractivity contribution >= 4 is 44.6 Å². The van der Waals surface area contributed by atoms with Gasteiger partial charge in [-0.15, -0.1) is 11.3 Å². The summed E-state index contributed by atoms with van der Waals surface area (Å²) >= 11 is 4.77. The van der Waals surface area contributed by atoms with Crippen molar-refractivity contribution < 1.29 is 9.59 Å². The number of benzene rings is 1. The lowest BCUT2D eigenvalue weighted by atomic mass is 10.1. The summed E-state index contributed by atoms with van der Waals surface area (Å²) < 4.78 is 0.652. The Morgan fingerprint density at radius 2 is 2.17 bits per heavy atom. The molecule has 0 N–H and O–H groups in total. The number of nitrogens with zero attached hydrogens (tertiary/aromatic N) is 2. The zero-order valence-electron chi connectivity index (χ0n) is 9.09. The van der Waals surface area contributed by atoms with Crippen LogP contribution in [0.15, 0.2) is 33.6 Å². The highest BCUT2D eigenvalue weighted by molar-refractivity contribution is 9.10. The van der Waals surface area contributed by atoms with Crippen molar-refractivity contribution in [3.8, 4) is 0 Å². The van der Waals surface area contributed by atoms with Gasteiger partial charge in [0.25, 0.3) is 11.7 Å². The van der Waals surface area contributed by atoms with Gasteiger partial charge in [-0.25, -0.2) is 4.98 Å². The van der Waals surface area contributed by atoms with E-state index in [9.17, 15) is 9.59 Å². The third-order valence-corrected chi connectivity index (χ3v) is 4.05. The van der Waals surface area contributed by atoms with Gasteiger partial charge in [0.05, 0.1) is 29.0 Å². The first-order chi connectivity index (χ1) is 8.68. The van der Waals surface area contributed by atoms with Crippen molar-refractivity contribution in [3.63, 3.8) is 0 Å². The van der Waals surface area contributed by atoms with Crippen molar-refractivity contribution in [2.45, 2.75) is 6.54 Å². The molecule has 6 heteroatoms. The standard InChI is InChI=1S/C12H7BrN2O2S/c13-8-2-1-3-9-10(8)11(16)12(17)15(9)4-7-5-18-6-14-7/h1-3,5-6H,4H2. The third-order valence-electron chi connectivity index (χ3n) is 2.75. The van der Waals surface area contributed by atoms with Crippen LogP contribution in [0, 0.1) is 0 Å². The van der Waals surface area contributed by atoms with Crippen LogP contribution in [0.1, 0.15) is 16.1 Å². The summed E-state index contributed by atoms with van der Waals surface area (Å²) in [5.74, 6) is -0.961. The summed E-state index contributed by atoms with van der Waals surface area (Å²) in [7, 11) is 0. The van der Waals surface area contributed by atoms with Gasteiger partial charge in [-0.05, 0) is 28.1 Å². The summed E-state index contributed by atoms with van der Waals surface area (Å²) in [5, 5.41) is 1.87. The van der Waals surface area contributed by atoms with Gasteiger partial charge < -0.3 is 0 Å². The Labute approximate surface area is 115 Å². The molecule has 0 aliphatic carbocycles. The van der Waals surface area contributed by atoms with Gasteiger partial charge in [0.15, 0.2) is 0 Å². The minimum atomic E-state index is -0.495. The van der Waals surface area contributed by atoms with E-state index in [2.05, 4.69) is 20.9 Å². The van der Waals surface area contributed by atoms with E-state index in [0.29, 0.717) is 22.3 Å². The number of halogens is 1. The van der Waals surface area contributed by atoms with E-state index in [0.717, 1.165) is 5.69 Å². The molecule has 1 amide bonds. The van der Waals surface area contributed by atoms with Gasteiger partial charge in [0.1, 0.15) is 0 Å². The number of rotatable bonds is 2. The first kappa shape index (κ1) is 11.6. The number of anilines is 1. The molecule has 1 aromatic heterocycles. The summed E-state index contributed by atoms with van der Waals surface area (Å²) in [6.45, 7) is 0.331. The molecule has 2 aromatic rings. The molecule has 0 unspecified atom stereocenters. The van der Waals surface area contributed by atoms with Gasteiger partial charge in [-0.2, -0.15) is 0 Å². The van der Waals surface area contributed by atoms with E-state index in [-0.39, 0.29) is 0 Å². The second kappa shape index (κ2) is 4.29. The van der Waals surface area contributed by atoms with Crippen LogP contribution in [0.25, 0.3) is 0 Å². The second-order valence-corrected chi connectivity index (χ2v) is 5.41. The Bertz CT molecular complexity index is 640. The van der Waals surface area contributed by atoms with E-state index in [1.165, 1.54) is 16.2 Å². The van der Waals surface area contributed by atoms with Crippen LogP contribution in [0.3, 0.4) is 0 Å². The molecule has 0 saturated carbocycles. The van der Waals surface area contributed by atoms with E-state index >= 15 is 0 Å². The summed E-state index contributed by atoms with van der Waals surface area (Å²) in [6, 6.07) is 5.34. The molecule has 0 atom stereocenters. The fourth-order valence-electron chi connectivity index (χ4n) is 1.94. The van der Waals surface area contributed by atoms with Crippen LogP contribution in [0.5, 0.6) is 0 Å². The van der Waals surface area contributed by atoms with Crippen molar-refractivity contribution in [3.05, 3.63) is 44.8 Å². The third kappa shape index (κ3) is 1.69. The molecule has 3 rings (SSSR count). The van der Waals surface area contributed by atoms with E-state index in [1.54, 1.807) is 17.6 Å². The summed E-state index contributed by atoms with van der Waals surface area (Å²) in [6.07, 6.45) is 0. The maximum atomic E-state index is 12.0. The molecule has 0 saturated heterocycles. The van der Waals surface area contributed by atoms with Crippen LogP contribution < -0.4 is 4.90 Å². The normalized spacial score (nSPS) is 14.2. The maximum Gasteiger partial charge on any atom is 0.299 e. The predicted molar refractivity (Wildman–Crippen MR) is 71.8 cm³/mol. The quantitative estimate of drug-likeness (QED) is 0.799. The lowest BCUT2D eigenvalue weighted by molar-refractivity contribution is -0.114. The number of amides is 1. The molecule has 0 fully saturated rings. The molecule has 2 heterocycles. The SMILES string of the molecule is O=C1C(=O)N(Cc2cscn2)c2cccc(Br)c21. The number of carbonyl (C=O) groups is 2. The van der Waals surface area contributed by atoms with Crippen LogP contribution in [-0.2, 0) is 11.3 Å². The monoisotopic (exact) mass is 322 g/mol. The Morgan fingerprint density at radius 1 is 1.33 bits per heavy atom. The Hall–Kier alpha value is -1.53. The fraction of sp³-hybridized carbons (Fsp3) is 0.0833.